The van der Waals surface area contributed by atoms with Gasteiger partial charge in [-0.25, -0.2) is 9.59 Å². The van der Waals surface area contributed by atoms with Gasteiger partial charge < -0.3 is 18.7 Å². The van der Waals surface area contributed by atoms with E-state index in [1.54, 1.807) is 27.7 Å². The van der Waals surface area contributed by atoms with Crippen molar-refractivity contribution in [2.75, 3.05) is 13.2 Å². The number of esters is 2. The van der Waals surface area contributed by atoms with Crippen LogP contribution < -0.4 is 0 Å². The molecule has 0 aliphatic rings. The molecule has 0 amide bonds. The Morgan fingerprint density at radius 2 is 1.74 bits per heavy atom. The van der Waals surface area contributed by atoms with Crippen LogP contribution in [0.25, 0.3) is 0 Å². The number of hydrogen-bond acceptors (Lipinski definition) is 7. The predicted molar refractivity (Wildman–Crippen MR) is 89.4 cm³/mol. The normalized spacial score (nSPS) is 12.4. The molecule has 0 bridgehead atoms. The van der Waals surface area contributed by atoms with Crippen molar-refractivity contribution in [3.05, 3.63) is 12.3 Å². The minimum atomic E-state index is -2.00. The summed E-state index contributed by atoms with van der Waals surface area (Å²) in [5.74, 6) is -1.26. The van der Waals surface area contributed by atoms with Crippen molar-refractivity contribution >= 4 is 26.0 Å². The van der Waals surface area contributed by atoms with Crippen molar-refractivity contribution < 1.29 is 28.3 Å². The molecule has 0 unspecified atom stereocenters. The standard InChI is InChI=1S/C15H27NO6Si/c1-9-19-12(17)10-20-16-13(11(2)22-23(6,7)8)14(18)21-15(3,4)5/h2,9-10H2,1,3-8H3. The Bertz CT molecular complexity index is 443. The molecular formula is C15H27NO6Si. The second kappa shape index (κ2) is 8.71. The molecule has 23 heavy (non-hydrogen) atoms. The van der Waals surface area contributed by atoms with Crippen LogP contribution in [0, 0.1) is 0 Å². The third-order valence-electron chi connectivity index (χ3n) is 1.93. The predicted octanol–water partition coefficient (Wildman–Crippen LogP) is 2.63. The van der Waals surface area contributed by atoms with E-state index in [0.717, 1.165) is 0 Å². The first-order valence-corrected chi connectivity index (χ1v) is 10.7. The van der Waals surface area contributed by atoms with Gasteiger partial charge in [0.25, 0.3) is 0 Å². The summed E-state index contributed by atoms with van der Waals surface area (Å²) in [5, 5.41) is 3.65. The van der Waals surface area contributed by atoms with E-state index < -0.39 is 32.5 Å². The van der Waals surface area contributed by atoms with Gasteiger partial charge in [-0.1, -0.05) is 11.7 Å². The first-order chi connectivity index (χ1) is 10.4. The molecular weight excluding hydrogens is 318 g/mol. The highest BCUT2D eigenvalue weighted by atomic mass is 28.4. The maximum absolute atomic E-state index is 12.2. The van der Waals surface area contributed by atoms with Crippen LogP contribution in [0.4, 0.5) is 0 Å². The van der Waals surface area contributed by atoms with E-state index in [1.165, 1.54) is 0 Å². The van der Waals surface area contributed by atoms with Crippen LogP contribution in [0.3, 0.4) is 0 Å². The number of oxime groups is 1. The topological polar surface area (TPSA) is 83.4 Å². The van der Waals surface area contributed by atoms with E-state index in [2.05, 4.69) is 11.7 Å². The van der Waals surface area contributed by atoms with Crippen LogP contribution in [0.15, 0.2) is 17.5 Å². The second-order valence-corrected chi connectivity index (χ2v) is 11.1. The summed E-state index contributed by atoms with van der Waals surface area (Å²) in [4.78, 5) is 28.3. The fourth-order valence-electron chi connectivity index (χ4n) is 1.30. The highest BCUT2D eigenvalue weighted by Crippen LogP contribution is 2.14. The molecule has 0 heterocycles. The van der Waals surface area contributed by atoms with E-state index in [1.807, 2.05) is 19.6 Å². The van der Waals surface area contributed by atoms with Crippen LogP contribution in [-0.2, 0) is 28.3 Å². The third-order valence-corrected chi connectivity index (χ3v) is 2.79. The number of carbonyl (C=O) groups excluding carboxylic acids is 2. The summed E-state index contributed by atoms with van der Waals surface area (Å²) >= 11 is 0. The molecule has 0 N–H and O–H groups in total. The summed E-state index contributed by atoms with van der Waals surface area (Å²) in [6.45, 7) is 16.2. The van der Waals surface area contributed by atoms with Crippen molar-refractivity contribution in [2.24, 2.45) is 5.16 Å². The molecule has 0 saturated carbocycles. The molecule has 0 atom stereocenters. The zero-order chi connectivity index (χ0) is 18.3. The van der Waals surface area contributed by atoms with E-state index in [4.69, 9.17) is 18.7 Å². The Balaban J connectivity index is 5.10. The average Bonchev–Trinajstić information content (AvgIpc) is 2.30. The van der Waals surface area contributed by atoms with Crippen molar-refractivity contribution in [1.29, 1.82) is 0 Å². The van der Waals surface area contributed by atoms with Gasteiger partial charge >= 0.3 is 11.9 Å². The van der Waals surface area contributed by atoms with Gasteiger partial charge in [-0.3, -0.25) is 0 Å². The van der Waals surface area contributed by atoms with Crippen LogP contribution in [0.5, 0.6) is 0 Å². The van der Waals surface area contributed by atoms with Gasteiger partial charge in [0.1, 0.15) is 11.4 Å². The van der Waals surface area contributed by atoms with Crippen LogP contribution >= 0.6 is 0 Å². The molecule has 8 heteroatoms. The number of ether oxygens (including phenoxy) is 2. The van der Waals surface area contributed by atoms with Gasteiger partial charge in [-0.2, -0.15) is 0 Å². The zero-order valence-electron chi connectivity index (χ0n) is 15.0. The molecule has 0 aromatic heterocycles. The monoisotopic (exact) mass is 345 g/mol. The Morgan fingerprint density at radius 3 is 2.17 bits per heavy atom. The van der Waals surface area contributed by atoms with Gasteiger partial charge in [0.2, 0.25) is 20.6 Å². The zero-order valence-corrected chi connectivity index (χ0v) is 16.0. The molecule has 0 aromatic rings. The first-order valence-electron chi connectivity index (χ1n) is 7.33. The highest BCUT2D eigenvalue weighted by molar-refractivity contribution is 6.70. The lowest BCUT2D eigenvalue weighted by Gasteiger charge is -2.23. The van der Waals surface area contributed by atoms with Crippen LogP contribution in [0.1, 0.15) is 27.7 Å². The molecule has 0 radical (unpaired) electrons. The quantitative estimate of drug-likeness (QED) is 0.221. The van der Waals surface area contributed by atoms with E-state index in [-0.39, 0.29) is 18.1 Å². The van der Waals surface area contributed by atoms with Crippen molar-refractivity contribution in [2.45, 2.75) is 52.9 Å². The lowest BCUT2D eigenvalue weighted by molar-refractivity contribution is -0.150. The van der Waals surface area contributed by atoms with Gasteiger partial charge in [0, 0.05) is 0 Å². The lowest BCUT2D eigenvalue weighted by atomic mass is 10.2. The van der Waals surface area contributed by atoms with E-state index in [0.29, 0.717) is 0 Å². The minimum Gasteiger partial charge on any atom is -0.543 e. The van der Waals surface area contributed by atoms with E-state index >= 15 is 0 Å². The van der Waals surface area contributed by atoms with E-state index in [9.17, 15) is 9.59 Å². The molecule has 132 valence electrons. The molecule has 0 rings (SSSR count). The molecule has 0 aliphatic carbocycles. The fourth-order valence-corrected chi connectivity index (χ4v) is 2.13. The molecule has 0 spiro atoms. The SMILES string of the molecule is C=C(O[Si](C)(C)C)C(=NOCC(=O)OCC)C(=O)OC(C)(C)C. The van der Waals surface area contributed by atoms with Crippen molar-refractivity contribution in [3.63, 3.8) is 0 Å². The van der Waals surface area contributed by atoms with Gasteiger partial charge in [-0.15, -0.1) is 0 Å². The second-order valence-electron chi connectivity index (χ2n) is 6.66. The maximum atomic E-state index is 12.2. The van der Waals surface area contributed by atoms with Crippen LogP contribution in [-0.4, -0.2) is 44.8 Å². The Hall–Kier alpha value is -1.83. The number of nitrogens with zero attached hydrogens (tertiary/aromatic N) is 1. The maximum Gasteiger partial charge on any atom is 0.364 e. The molecule has 0 aromatic carbocycles. The molecule has 0 aliphatic heterocycles. The van der Waals surface area contributed by atoms with Crippen molar-refractivity contribution in [3.8, 4) is 0 Å². The average molecular weight is 345 g/mol. The van der Waals surface area contributed by atoms with Gasteiger partial charge in [0.05, 0.1) is 6.61 Å². The molecule has 0 fully saturated rings. The largest absolute Gasteiger partial charge is 0.543 e. The third kappa shape index (κ3) is 10.5. The van der Waals surface area contributed by atoms with Gasteiger partial charge in [0.15, 0.2) is 0 Å². The first kappa shape index (κ1) is 21.2. The highest BCUT2D eigenvalue weighted by Gasteiger charge is 2.28. The molecule has 0 saturated heterocycles. The van der Waals surface area contributed by atoms with Crippen LogP contribution in [0.2, 0.25) is 19.6 Å². The number of hydrogen-bond donors (Lipinski definition) is 0. The summed E-state index contributed by atoms with van der Waals surface area (Å²) in [5.41, 5.74) is -0.912. The number of rotatable bonds is 8. The number of carbonyl (C=O) groups is 2. The van der Waals surface area contributed by atoms with Gasteiger partial charge in [-0.05, 0) is 47.3 Å². The summed E-state index contributed by atoms with van der Waals surface area (Å²) in [7, 11) is -2.00. The Morgan fingerprint density at radius 1 is 1.17 bits per heavy atom. The molecule has 7 nitrogen and oxygen atoms in total. The minimum absolute atomic E-state index is 0.0577. The van der Waals surface area contributed by atoms with Crippen molar-refractivity contribution in [1.82, 2.24) is 0 Å². The summed E-state index contributed by atoms with van der Waals surface area (Å²) in [6, 6.07) is 0. The fraction of sp³-hybridized carbons (Fsp3) is 0.667. The lowest BCUT2D eigenvalue weighted by Crippen LogP contribution is -2.34. The Labute approximate surface area is 138 Å². The smallest absolute Gasteiger partial charge is 0.364 e. The Kier molecular flexibility index (Phi) is 8.01. The summed E-state index contributed by atoms with van der Waals surface area (Å²) in [6.07, 6.45) is 0. The summed E-state index contributed by atoms with van der Waals surface area (Å²) < 4.78 is 15.6.